The second-order valence-corrected chi connectivity index (χ2v) is 6.38. The van der Waals surface area contributed by atoms with Gasteiger partial charge in [0.15, 0.2) is 0 Å². The lowest BCUT2D eigenvalue weighted by Gasteiger charge is -2.17. The van der Waals surface area contributed by atoms with Gasteiger partial charge in [-0.25, -0.2) is 0 Å². The van der Waals surface area contributed by atoms with E-state index in [-0.39, 0.29) is 17.5 Å². The van der Waals surface area contributed by atoms with Crippen LogP contribution in [0.4, 0.5) is 11.4 Å². The zero-order valence-electron chi connectivity index (χ0n) is 15.0. The van der Waals surface area contributed by atoms with E-state index in [0.29, 0.717) is 17.8 Å². The fourth-order valence-electron chi connectivity index (χ4n) is 2.96. The van der Waals surface area contributed by atoms with E-state index in [9.17, 15) is 9.59 Å². The van der Waals surface area contributed by atoms with Gasteiger partial charge in [-0.3, -0.25) is 14.6 Å². The number of anilines is 2. The summed E-state index contributed by atoms with van der Waals surface area (Å²) in [6.07, 6.45) is 4.79. The number of carbonyl (C=O) groups excluding carboxylic acids is 2. The molecule has 1 aliphatic heterocycles. The highest BCUT2D eigenvalue weighted by Crippen LogP contribution is 2.22. The molecular weight excluding hydrogens is 328 g/mol. The van der Waals surface area contributed by atoms with Crippen LogP contribution < -0.4 is 15.5 Å². The predicted molar refractivity (Wildman–Crippen MR) is 103 cm³/mol. The lowest BCUT2D eigenvalue weighted by molar-refractivity contribution is 0.0953. The van der Waals surface area contributed by atoms with Crippen LogP contribution in [0.1, 0.15) is 47.0 Å². The molecular formula is C20H24N4O2. The van der Waals surface area contributed by atoms with Crippen molar-refractivity contribution in [2.75, 3.05) is 29.9 Å². The smallest absolute Gasteiger partial charge is 0.274 e. The van der Waals surface area contributed by atoms with Crippen LogP contribution in [0.5, 0.6) is 0 Å². The largest absolute Gasteiger partial charge is 0.372 e. The van der Waals surface area contributed by atoms with Crippen molar-refractivity contribution in [2.24, 2.45) is 0 Å². The molecule has 0 atom stereocenters. The summed E-state index contributed by atoms with van der Waals surface area (Å²) in [4.78, 5) is 30.9. The molecule has 2 amide bonds. The number of nitrogens with zero attached hydrogens (tertiary/aromatic N) is 2. The summed E-state index contributed by atoms with van der Waals surface area (Å²) in [6, 6.07) is 10.9. The van der Waals surface area contributed by atoms with Crippen molar-refractivity contribution >= 4 is 23.2 Å². The standard InChI is InChI=1S/C20H24N4O2/c1-2-10-22-19(25)15-9-11-21-18(14-15)20(26)23-16-5-7-17(8-6-16)24-12-3-4-13-24/h5-9,11,14H,2-4,10,12-13H2,1H3,(H,22,25)(H,23,26). The van der Waals surface area contributed by atoms with Gasteiger partial charge < -0.3 is 15.5 Å². The van der Waals surface area contributed by atoms with Crippen molar-refractivity contribution in [2.45, 2.75) is 26.2 Å². The average Bonchev–Trinajstić information content (AvgIpc) is 3.21. The average molecular weight is 352 g/mol. The molecule has 1 fully saturated rings. The van der Waals surface area contributed by atoms with Crippen molar-refractivity contribution in [3.63, 3.8) is 0 Å². The van der Waals surface area contributed by atoms with Crippen LogP contribution in [0, 0.1) is 0 Å². The molecule has 3 rings (SSSR count). The van der Waals surface area contributed by atoms with E-state index in [1.807, 2.05) is 31.2 Å². The first-order chi connectivity index (χ1) is 12.7. The Morgan fingerprint density at radius 2 is 1.81 bits per heavy atom. The van der Waals surface area contributed by atoms with Gasteiger partial charge in [-0.1, -0.05) is 6.92 Å². The maximum Gasteiger partial charge on any atom is 0.274 e. The number of benzene rings is 1. The number of pyridine rings is 1. The number of rotatable bonds is 6. The molecule has 0 spiro atoms. The molecule has 1 aromatic heterocycles. The quantitative estimate of drug-likeness (QED) is 0.838. The summed E-state index contributed by atoms with van der Waals surface area (Å²) in [5.74, 6) is -0.526. The van der Waals surface area contributed by atoms with Crippen molar-refractivity contribution < 1.29 is 9.59 Å². The molecule has 136 valence electrons. The van der Waals surface area contributed by atoms with E-state index >= 15 is 0 Å². The second kappa shape index (κ2) is 8.47. The molecule has 2 heterocycles. The molecule has 2 N–H and O–H groups in total. The monoisotopic (exact) mass is 352 g/mol. The van der Waals surface area contributed by atoms with E-state index in [2.05, 4.69) is 20.5 Å². The maximum atomic E-state index is 12.4. The summed E-state index contributed by atoms with van der Waals surface area (Å²) >= 11 is 0. The minimum atomic E-state index is -0.330. The van der Waals surface area contributed by atoms with Crippen LogP contribution in [-0.4, -0.2) is 36.4 Å². The Balaban J connectivity index is 1.65. The fraction of sp³-hybridized carbons (Fsp3) is 0.350. The molecule has 0 unspecified atom stereocenters. The molecule has 1 saturated heterocycles. The first kappa shape index (κ1) is 17.9. The van der Waals surface area contributed by atoms with Crippen molar-refractivity contribution in [3.8, 4) is 0 Å². The van der Waals surface area contributed by atoms with E-state index in [1.165, 1.54) is 30.8 Å². The number of hydrogen-bond acceptors (Lipinski definition) is 4. The lowest BCUT2D eigenvalue weighted by Crippen LogP contribution is -2.24. The molecule has 1 aliphatic rings. The van der Waals surface area contributed by atoms with Gasteiger partial charge in [0.25, 0.3) is 11.8 Å². The van der Waals surface area contributed by atoms with Crippen molar-refractivity contribution in [1.29, 1.82) is 0 Å². The molecule has 0 aliphatic carbocycles. The van der Waals surface area contributed by atoms with Crippen molar-refractivity contribution in [3.05, 3.63) is 53.9 Å². The third kappa shape index (κ3) is 4.39. The molecule has 6 heteroatoms. The molecule has 0 radical (unpaired) electrons. The Morgan fingerprint density at radius 1 is 1.08 bits per heavy atom. The fourth-order valence-corrected chi connectivity index (χ4v) is 2.96. The van der Waals surface area contributed by atoms with Gasteiger partial charge in [-0.2, -0.15) is 0 Å². The Kier molecular flexibility index (Phi) is 5.84. The van der Waals surface area contributed by atoms with Crippen LogP contribution >= 0.6 is 0 Å². The Morgan fingerprint density at radius 3 is 2.50 bits per heavy atom. The number of carbonyl (C=O) groups is 2. The highest BCUT2D eigenvalue weighted by atomic mass is 16.2. The number of aromatic nitrogens is 1. The topological polar surface area (TPSA) is 74.3 Å². The first-order valence-electron chi connectivity index (χ1n) is 9.08. The summed E-state index contributed by atoms with van der Waals surface area (Å²) in [6.45, 7) is 4.76. The van der Waals surface area contributed by atoms with Gasteiger partial charge in [0, 0.05) is 42.8 Å². The van der Waals surface area contributed by atoms with E-state index < -0.39 is 0 Å². The number of hydrogen-bond donors (Lipinski definition) is 2. The Hall–Kier alpha value is -2.89. The number of amides is 2. The maximum absolute atomic E-state index is 12.4. The highest BCUT2D eigenvalue weighted by Gasteiger charge is 2.14. The van der Waals surface area contributed by atoms with E-state index in [1.54, 1.807) is 6.07 Å². The minimum absolute atomic E-state index is 0.196. The summed E-state index contributed by atoms with van der Waals surface area (Å²) in [7, 11) is 0. The normalized spacial score (nSPS) is 13.5. The predicted octanol–water partition coefficient (Wildman–Crippen LogP) is 3.07. The third-order valence-corrected chi connectivity index (χ3v) is 4.39. The SMILES string of the molecule is CCCNC(=O)c1ccnc(C(=O)Nc2ccc(N3CCCC3)cc2)c1. The molecule has 0 bridgehead atoms. The number of nitrogens with one attached hydrogen (secondary N) is 2. The zero-order chi connectivity index (χ0) is 18.4. The van der Waals surface area contributed by atoms with Crippen molar-refractivity contribution in [1.82, 2.24) is 10.3 Å². The van der Waals surface area contributed by atoms with Crippen LogP contribution in [0.3, 0.4) is 0 Å². The van der Waals surface area contributed by atoms with Gasteiger partial charge >= 0.3 is 0 Å². The zero-order valence-corrected chi connectivity index (χ0v) is 15.0. The molecule has 26 heavy (non-hydrogen) atoms. The van der Waals surface area contributed by atoms with Gasteiger partial charge in [-0.15, -0.1) is 0 Å². The minimum Gasteiger partial charge on any atom is -0.372 e. The van der Waals surface area contributed by atoms with E-state index in [4.69, 9.17) is 0 Å². The first-order valence-corrected chi connectivity index (χ1v) is 9.08. The Labute approximate surface area is 153 Å². The van der Waals surface area contributed by atoms with Gasteiger partial charge in [-0.05, 0) is 55.7 Å². The summed E-state index contributed by atoms with van der Waals surface area (Å²) in [5, 5.41) is 5.63. The summed E-state index contributed by atoms with van der Waals surface area (Å²) in [5.41, 5.74) is 2.54. The van der Waals surface area contributed by atoms with Crippen LogP contribution in [-0.2, 0) is 0 Å². The summed E-state index contributed by atoms with van der Waals surface area (Å²) < 4.78 is 0. The van der Waals surface area contributed by atoms with Crippen LogP contribution in [0.15, 0.2) is 42.6 Å². The van der Waals surface area contributed by atoms with Gasteiger partial charge in [0.1, 0.15) is 5.69 Å². The lowest BCUT2D eigenvalue weighted by atomic mass is 10.2. The van der Waals surface area contributed by atoms with Crippen LogP contribution in [0.25, 0.3) is 0 Å². The highest BCUT2D eigenvalue weighted by molar-refractivity contribution is 6.04. The third-order valence-electron chi connectivity index (χ3n) is 4.39. The molecule has 1 aromatic carbocycles. The Bertz CT molecular complexity index is 768. The van der Waals surface area contributed by atoms with Gasteiger partial charge in [0.2, 0.25) is 0 Å². The van der Waals surface area contributed by atoms with Gasteiger partial charge in [0.05, 0.1) is 0 Å². The molecule has 6 nitrogen and oxygen atoms in total. The van der Waals surface area contributed by atoms with Crippen LogP contribution in [0.2, 0.25) is 0 Å². The van der Waals surface area contributed by atoms with E-state index in [0.717, 1.165) is 19.5 Å². The second-order valence-electron chi connectivity index (χ2n) is 6.38. The molecule has 2 aromatic rings. The molecule has 0 saturated carbocycles.